The highest BCUT2D eigenvalue weighted by Gasteiger charge is 2.50. The van der Waals surface area contributed by atoms with Crippen molar-refractivity contribution in [2.24, 2.45) is 0 Å². The van der Waals surface area contributed by atoms with Crippen LogP contribution in [0.4, 0.5) is 26.3 Å². The summed E-state index contributed by atoms with van der Waals surface area (Å²) in [5, 5.41) is 0. The van der Waals surface area contributed by atoms with Crippen LogP contribution in [0.3, 0.4) is 0 Å². The predicted molar refractivity (Wildman–Crippen MR) is 140 cm³/mol. The van der Waals surface area contributed by atoms with Crippen molar-refractivity contribution < 1.29 is 31.1 Å². The normalized spacial score (nSPS) is 19.3. The summed E-state index contributed by atoms with van der Waals surface area (Å²) in [6.07, 6.45) is 6.19. The number of unbranched alkanes of at least 4 members (excludes halogenated alkanes) is 1. The number of hydrogen-bond donors (Lipinski definition) is 0. The highest BCUT2D eigenvalue weighted by atomic mass is 19.4. The second kappa shape index (κ2) is 15.0. The third-order valence-electron chi connectivity index (χ3n) is 6.68. The van der Waals surface area contributed by atoms with Crippen LogP contribution in [0.15, 0.2) is 58.2 Å². The van der Waals surface area contributed by atoms with Gasteiger partial charge < -0.3 is 4.74 Å². The largest absolute Gasteiger partial charge is 0.420 e. The quantitative estimate of drug-likeness (QED) is 0.0881. The van der Waals surface area contributed by atoms with Gasteiger partial charge >= 0.3 is 12.4 Å². The molecule has 7 heteroatoms. The Morgan fingerprint density at radius 2 is 0.919 bits per heavy atom. The Hall–Kier alpha value is -1.76. The predicted octanol–water partition coefficient (Wildman–Crippen LogP) is 10.9. The molecule has 0 N–H and O–H groups in total. The van der Waals surface area contributed by atoms with E-state index < -0.39 is 17.9 Å². The van der Waals surface area contributed by atoms with Crippen LogP contribution in [0.5, 0.6) is 0 Å². The van der Waals surface area contributed by atoms with Gasteiger partial charge in [0, 0.05) is 0 Å². The Morgan fingerprint density at radius 1 is 0.595 bits per heavy atom. The van der Waals surface area contributed by atoms with Gasteiger partial charge in [-0.05, 0) is 106 Å². The number of allylic oxidation sites excluding steroid dienone is 10. The molecule has 1 nitrogen and oxygen atoms in total. The Balaban J connectivity index is 2.28. The highest BCUT2D eigenvalue weighted by molar-refractivity contribution is 5.16. The summed E-state index contributed by atoms with van der Waals surface area (Å²) in [5.41, 5.74) is 2.47. The third kappa shape index (κ3) is 14.7. The first-order chi connectivity index (χ1) is 17.0. The zero-order chi connectivity index (χ0) is 28.3. The minimum atomic E-state index is -5.38. The van der Waals surface area contributed by atoms with Crippen LogP contribution < -0.4 is 0 Å². The molecule has 212 valence electrons. The molecule has 0 aromatic carbocycles. The molecule has 37 heavy (non-hydrogen) atoms. The molecule has 1 aliphatic rings. The average Bonchev–Trinajstić information content (AvgIpc) is 3.37. The molecule has 1 fully saturated rings. The molecule has 0 radical (unpaired) electrons. The van der Waals surface area contributed by atoms with Crippen LogP contribution in [0.1, 0.15) is 106 Å². The topological polar surface area (TPSA) is 12.5 Å². The van der Waals surface area contributed by atoms with Crippen molar-refractivity contribution in [3.05, 3.63) is 58.2 Å². The first-order valence-electron chi connectivity index (χ1n) is 13.2. The molecule has 0 bridgehead atoms. The maximum Gasteiger partial charge on any atom is 0.420 e. The lowest BCUT2D eigenvalue weighted by molar-refractivity contribution is -0.172. The van der Waals surface area contributed by atoms with Gasteiger partial charge in [0.25, 0.3) is 0 Å². The lowest BCUT2D eigenvalue weighted by atomic mass is 10.0. The van der Waals surface area contributed by atoms with Crippen molar-refractivity contribution in [2.45, 2.75) is 130 Å². The van der Waals surface area contributed by atoms with Crippen LogP contribution in [0.25, 0.3) is 0 Å². The summed E-state index contributed by atoms with van der Waals surface area (Å²) in [6, 6.07) is 0. The van der Waals surface area contributed by atoms with Crippen molar-refractivity contribution in [3.8, 4) is 0 Å². The van der Waals surface area contributed by atoms with Gasteiger partial charge in [-0.15, -0.1) is 0 Å². The molecule has 1 rings (SSSR count). The number of halogens is 6. The van der Waals surface area contributed by atoms with Gasteiger partial charge in [-0.25, -0.2) is 0 Å². The molecule has 0 spiro atoms. The molecule has 1 heterocycles. The van der Waals surface area contributed by atoms with Crippen molar-refractivity contribution in [3.63, 3.8) is 0 Å². The Labute approximate surface area is 219 Å². The van der Waals surface area contributed by atoms with Crippen LogP contribution in [-0.2, 0) is 4.74 Å². The first kappa shape index (κ1) is 33.3. The second-order valence-corrected chi connectivity index (χ2v) is 10.8. The van der Waals surface area contributed by atoms with E-state index in [0.717, 1.165) is 50.5 Å². The smallest absolute Gasteiger partial charge is 0.367 e. The van der Waals surface area contributed by atoms with Gasteiger partial charge in [-0.3, -0.25) is 0 Å². The van der Waals surface area contributed by atoms with Gasteiger partial charge in [0.2, 0.25) is 0 Å². The van der Waals surface area contributed by atoms with E-state index >= 15 is 0 Å². The van der Waals surface area contributed by atoms with Crippen molar-refractivity contribution in [2.75, 3.05) is 0 Å². The van der Waals surface area contributed by atoms with E-state index in [4.69, 9.17) is 4.74 Å². The number of hydrogen-bond acceptors (Lipinski definition) is 1. The highest BCUT2D eigenvalue weighted by Crippen LogP contribution is 2.39. The number of rotatable bonds is 15. The van der Waals surface area contributed by atoms with Gasteiger partial charge in [-0.2, -0.15) is 26.3 Å². The summed E-state index contributed by atoms with van der Waals surface area (Å²) >= 11 is 0. The lowest BCUT2D eigenvalue weighted by Crippen LogP contribution is -2.26. The van der Waals surface area contributed by atoms with Crippen LogP contribution >= 0.6 is 0 Å². The van der Waals surface area contributed by atoms with Crippen molar-refractivity contribution in [1.82, 2.24) is 0 Å². The fourth-order valence-corrected chi connectivity index (χ4v) is 4.09. The van der Waals surface area contributed by atoms with E-state index in [0.29, 0.717) is 12.5 Å². The summed E-state index contributed by atoms with van der Waals surface area (Å²) in [4.78, 5) is 0. The zero-order valence-electron chi connectivity index (χ0n) is 23.2. The maximum atomic E-state index is 12.5. The van der Waals surface area contributed by atoms with E-state index in [1.54, 1.807) is 6.92 Å². The fourth-order valence-electron chi connectivity index (χ4n) is 4.09. The minimum Gasteiger partial charge on any atom is -0.367 e. The molecule has 1 aliphatic heterocycles. The summed E-state index contributed by atoms with van der Waals surface area (Å²) in [7, 11) is 0. The van der Waals surface area contributed by atoms with Gasteiger partial charge in [0.1, 0.15) is 5.57 Å². The van der Waals surface area contributed by atoms with E-state index in [1.807, 2.05) is 13.0 Å². The SMILES string of the molecule is C/C(=C\CC/C(C)=C/CC/C=C(\C)CC/C=C(\C)CCC1OC1(C)C)CCC=C(C(F)(F)F)C(F)(F)F. The molecule has 0 aromatic heterocycles. The Morgan fingerprint density at radius 3 is 1.27 bits per heavy atom. The summed E-state index contributed by atoms with van der Waals surface area (Å²) < 4.78 is 80.9. The van der Waals surface area contributed by atoms with Gasteiger partial charge in [0.05, 0.1) is 11.7 Å². The van der Waals surface area contributed by atoms with Gasteiger partial charge in [0.15, 0.2) is 0 Å². The van der Waals surface area contributed by atoms with Gasteiger partial charge in [-0.1, -0.05) is 52.7 Å². The molecule has 0 aromatic rings. The van der Waals surface area contributed by atoms with E-state index in [-0.39, 0.29) is 24.5 Å². The number of alkyl halides is 6. The molecular weight excluding hydrogens is 490 g/mol. The number of ether oxygens (including phenoxy) is 1. The molecule has 1 atom stereocenters. The molecule has 0 aliphatic carbocycles. The number of epoxide rings is 1. The third-order valence-corrected chi connectivity index (χ3v) is 6.68. The summed E-state index contributed by atoms with van der Waals surface area (Å²) in [5.74, 6) is 0. The first-order valence-corrected chi connectivity index (χ1v) is 13.2. The van der Waals surface area contributed by atoms with E-state index in [9.17, 15) is 26.3 Å². The molecular formula is C30H44F6O. The monoisotopic (exact) mass is 534 g/mol. The van der Waals surface area contributed by atoms with E-state index in [1.165, 1.54) is 16.7 Å². The zero-order valence-corrected chi connectivity index (χ0v) is 23.2. The summed E-state index contributed by atoms with van der Waals surface area (Å²) in [6.45, 7) is 12.4. The van der Waals surface area contributed by atoms with Crippen molar-refractivity contribution in [1.29, 1.82) is 0 Å². The lowest BCUT2D eigenvalue weighted by Gasteiger charge is -2.14. The van der Waals surface area contributed by atoms with E-state index in [2.05, 4.69) is 45.9 Å². The Bertz CT molecular complexity index is 849. The standard InChI is InChI=1S/C30H44F6O/c1-22(14-9-16-24(3)18-11-19-26(29(31,32)33)30(34,35)36)12-7-8-13-23(2)15-10-17-25(4)20-21-27-28(5,6)37-27/h12-13,16-17,19,27H,7-11,14-15,18,20-21H2,1-6H3/b22-12+,23-13+,24-16+,25-17+. The van der Waals surface area contributed by atoms with Crippen LogP contribution in [-0.4, -0.2) is 24.1 Å². The molecule has 1 saturated heterocycles. The van der Waals surface area contributed by atoms with Crippen molar-refractivity contribution >= 4 is 0 Å². The molecule has 0 amide bonds. The van der Waals surface area contributed by atoms with Crippen LogP contribution in [0, 0.1) is 0 Å². The average molecular weight is 535 g/mol. The minimum absolute atomic E-state index is 0.0648. The maximum absolute atomic E-state index is 12.5. The van der Waals surface area contributed by atoms with Crippen LogP contribution in [0.2, 0.25) is 0 Å². The molecule has 0 saturated carbocycles. The Kier molecular flexibility index (Phi) is 13.5. The molecule has 1 unspecified atom stereocenters. The fraction of sp³-hybridized carbons (Fsp3) is 0.667. The second-order valence-electron chi connectivity index (χ2n) is 10.8.